The first kappa shape index (κ1) is 10.3. The van der Waals surface area contributed by atoms with Crippen molar-refractivity contribution in [3.63, 3.8) is 0 Å². The van der Waals surface area contributed by atoms with Crippen LogP contribution in [0.4, 0.5) is 0 Å². The van der Waals surface area contributed by atoms with Crippen molar-refractivity contribution in [1.82, 2.24) is 0 Å². The topological polar surface area (TPSA) is 26.3 Å². The Balaban J connectivity index is 2.06. The van der Waals surface area contributed by atoms with Crippen LogP contribution in [0.25, 0.3) is 0 Å². The summed E-state index contributed by atoms with van der Waals surface area (Å²) in [7, 11) is 11.6. The fourth-order valence-electron chi connectivity index (χ4n) is 2.36. The summed E-state index contributed by atoms with van der Waals surface area (Å²) >= 11 is -1.81. The predicted molar refractivity (Wildman–Crippen MR) is 61.2 cm³/mol. The molecule has 1 heterocycles. The molecule has 1 saturated carbocycles. The third kappa shape index (κ3) is 1.57. The molecule has 0 spiro atoms. The van der Waals surface area contributed by atoms with Gasteiger partial charge >= 0.3 is 92.5 Å². The molecule has 5 heteroatoms. The number of hydrogen-bond acceptors (Lipinski definition) is 2. The van der Waals surface area contributed by atoms with E-state index in [9.17, 15) is 4.79 Å². The molecule has 0 N–H and O–H groups in total. The summed E-state index contributed by atoms with van der Waals surface area (Å²) in [5.41, 5.74) is 0.125. The van der Waals surface area contributed by atoms with Crippen LogP contribution in [0, 0.1) is 17.3 Å². The second-order valence-electron chi connectivity index (χ2n) is 4.21. The van der Waals surface area contributed by atoms with E-state index in [4.69, 9.17) is 22.6 Å². The van der Waals surface area contributed by atoms with Crippen LogP contribution in [0.2, 0.25) is 0 Å². The zero-order chi connectivity index (χ0) is 9.80. The van der Waals surface area contributed by atoms with Gasteiger partial charge in [0.25, 0.3) is 0 Å². The fourth-order valence-corrected chi connectivity index (χ4v) is 5.29. The number of rotatable bonds is 2. The minimum atomic E-state index is -1.81. The van der Waals surface area contributed by atoms with Crippen LogP contribution in [0.15, 0.2) is 0 Å². The van der Waals surface area contributed by atoms with Crippen LogP contribution < -0.4 is 0 Å². The van der Waals surface area contributed by atoms with Gasteiger partial charge in [-0.3, -0.25) is 0 Å². The van der Waals surface area contributed by atoms with Gasteiger partial charge in [-0.2, -0.15) is 0 Å². The molecule has 13 heavy (non-hydrogen) atoms. The van der Waals surface area contributed by atoms with E-state index in [1.807, 2.05) is 0 Å². The van der Waals surface area contributed by atoms with Crippen molar-refractivity contribution in [1.29, 1.82) is 0 Å². The first-order chi connectivity index (χ1) is 5.94. The van der Waals surface area contributed by atoms with Crippen molar-refractivity contribution in [3.05, 3.63) is 0 Å². The Hall–Kier alpha value is 0.780. The van der Waals surface area contributed by atoms with Crippen LogP contribution in [0.1, 0.15) is 13.8 Å². The Morgan fingerprint density at radius 3 is 2.54 bits per heavy atom. The molecule has 2 aliphatic rings. The first-order valence-electron chi connectivity index (χ1n) is 4.14. The van der Waals surface area contributed by atoms with E-state index in [2.05, 4.69) is 13.8 Å². The molecule has 0 amide bonds. The van der Waals surface area contributed by atoms with E-state index in [0.29, 0.717) is 10.3 Å². The molecule has 76 valence electrons. The average Bonchev–Trinajstić information content (AvgIpc) is 2.31. The molecule has 2 nitrogen and oxygen atoms in total. The van der Waals surface area contributed by atoms with Crippen molar-refractivity contribution in [2.45, 2.75) is 20.0 Å². The van der Waals surface area contributed by atoms with Crippen LogP contribution in [-0.2, 0) is 9.53 Å². The maximum absolute atomic E-state index is 11.3. The summed E-state index contributed by atoms with van der Waals surface area (Å²) in [5, 5.41) is 0. The van der Waals surface area contributed by atoms with Crippen LogP contribution in [-0.4, -0.2) is 16.5 Å². The Morgan fingerprint density at radius 1 is 1.54 bits per heavy atom. The maximum atomic E-state index is 11.3. The third-order valence-corrected chi connectivity index (χ3v) is 6.20. The molecular weight excluding hydrogens is 326 g/mol. The van der Waals surface area contributed by atoms with Crippen molar-refractivity contribution in [2.75, 3.05) is 4.43 Å². The number of alkyl halides is 1. The molecule has 0 aromatic rings. The molecule has 0 aromatic carbocycles. The SMILES string of the molecule is CC1(C)C2C(=O)OC(CI(Cl)Cl)C21. The second-order valence-corrected chi connectivity index (χ2v) is 12.2. The molecule has 3 unspecified atom stereocenters. The molecule has 0 radical (unpaired) electrons. The van der Waals surface area contributed by atoms with E-state index < -0.39 is 17.6 Å². The summed E-state index contributed by atoms with van der Waals surface area (Å²) in [4.78, 5) is 11.3. The number of ether oxygens (including phenoxy) is 1. The van der Waals surface area contributed by atoms with Gasteiger partial charge in [0.1, 0.15) is 0 Å². The Bertz CT molecular complexity index is 255. The number of cyclic esters (lactones) is 1. The van der Waals surface area contributed by atoms with Crippen LogP contribution in [0.3, 0.4) is 0 Å². The molecule has 0 aromatic heterocycles. The van der Waals surface area contributed by atoms with E-state index in [-0.39, 0.29) is 23.4 Å². The van der Waals surface area contributed by atoms with Crippen molar-refractivity contribution < 1.29 is 9.53 Å². The van der Waals surface area contributed by atoms with Gasteiger partial charge in [0, 0.05) is 0 Å². The van der Waals surface area contributed by atoms with Gasteiger partial charge in [0.2, 0.25) is 0 Å². The Kier molecular flexibility index (Phi) is 2.49. The zero-order valence-electron chi connectivity index (χ0n) is 7.39. The monoisotopic (exact) mass is 336 g/mol. The summed E-state index contributed by atoms with van der Waals surface area (Å²) in [6.45, 7) is 4.22. The summed E-state index contributed by atoms with van der Waals surface area (Å²) in [6, 6.07) is 0. The molecule has 2 fully saturated rings. The number of carbonyl (C=O) groups excluding carboxylic acids is 1. The minimum absolute atomic E-state index is 0.00713. The number of halogens is 3. The average molecular weight is 337 g/mol. The van der Waals surface area contributed by atoms with Crippen LogP contribution in [0.5, 0.6) is 0 Å². The van der Waals surface area contributed by atoms with Gasteiger partial charge in [-0.25, -0.2) is 0 Å². The number of hydrogen-bond donors (Lipinski definition) is 0. The van der Waals surface area contributed by atoms with Gasteiger partial charge in [0.05, 0.1) is 0 Å². The van der Waals surface area contributed by atoms with E-state index in [0.717, 1.165) is 0 Å². The van der Waals surface area contributed by atoms with Gasteiger partial charge in [-0.05, 0) is 0 Å². The summed E-state index contributed by atoms with van der Waals surface area (Å²) < 4.78 is 5.91. The fraction of sp³-hybridized carbons (Fsp3) is 0.875. The zero-order valence-corrected chi connectivity index (χ0v) is 11.1. The Morgan fingerprint density at radius 2 is 2.15 bits per heavy atom. The predicted octanol–water partition coefficient (Wildman–Crippen LogP) is 3.00. The van der Waals surface area contributed by atoms with Crippen molar-refractivity contribution >= 4 is 41.3 Å². The van der Waals surface area contributed by atoms with Crippen molar-refractivity contribution in [2.24, 2.45) is 17.3 Å². The first-order valence-corrected chi connectivity index (χ1v) is 11.1. The van der Waals surface area contributed by atoms with E-state index in [1.165, 1.54) is 0 Å². The molecule has 1 aliphatic carbocycles. The molecular formula is C8H11Cl2IO2. The quantitative estimate of drug-likeness (QED) is 0.440. The molecule has 2 rings (SSSR count). The normalized spacial score (nSPS) is 41.1. The third-order valence-electron chi connectivity index (χ3n) is 3.10. The van der Waals surface area contributed by atoms with Gasteiger partial charge in [-0.1, -0.05) is 0 Å². The molecule has 1 aliphatic heterocycles. The number of carbonyl (C=O) groups is 1. The number of esters is 1. The van der Waals surface area contributed by atoms with Gasteiger partial charge in [-0.15, -0.1) is 0 Å². The van der Waals surface area contributed by atoms with Crippen LogP contribution >= 0.6 is 35.4 Å². The van der Waals surface area contributed by atoms with Gasteiger partial charge in [0.15, 0.2) is 0 Å². The van der Waals surface area contributed by atoms with Crippen molar-refractivity contribution in [3.8, 4) is 0 Å². The summed E-state index contributed by atoms with van der Waals surface area (Å²) in [5.74, 6) is 0.435. The van der Waals surface area contributed by atoms with E-state index in [1.54, 1.807) is 0 Å². The molecule has 3 atom stereocenters. The molecule has 0 bridgehead atoms. The van der Waals surface area contributed by atoms with Gasteiger partial charge < -0.3 is 0 Å². The second kappa shape index (κ2) is 3.14. The van der Waals surface area contributed by atoms with E-state index >= 15 is 0 Å². The molecule has 1 saturated heterocycles. The number of fused-ring (bicyclic) bond motifs is 1. The Labute approximate surface area is 92.1 Å². The standard InChI is InChI=1S/C8H11Cl2IO2/c1-8(2)5-4(3-11(9)10)13-7(12)6(5)8/h4-6H,3H2,1-2H3. The summed E-state index contributed by atoms with van der Waals surface area (Å²) in [6.07, 6.45) is 0.00713.